The minimum Gasteiger partial charge on any atom is -0.394 e. The molecule has 0 unspecified atom stereocenters. The number of aliphatic hydroxyl groups is 1. The molecule has 1 aromatic rings. The van der Waals surface area contributed by atoms with E-state index in [1.54, 1.807) is 0 Å². The van der Waals surface area contributed by atoms with E-state index in [0.29, 0.717) is 18.4 Å². The van der Waals surface area contributed by atoms with Crippen molar-refractivity contribution in [2.24, 2.45) is 0 Å². The van der Waals surface area contributed by atoms with Crippen molar-refractivity contribution in [3.05, 3.63) is 35.6 Å². The summed E-state index contributed by atoms with van der Waals surface area (Å²) in [7, 11) is -3.55. The van der Waals surface area contributed by atoms with Gasteiger partial charge in [-0.3, -0.25) is 0 Å². The highest BCUT2D eigenvalue weighted by Crippen LogP contribution is 2.28. The second-order valence-corrected chi connectivity index (χ2v) is 7.21. The molecule has 1 fully saturated rings. The number of halogens is 1. The molecule has 6 heteroatoms. The molecule has 2 N–H and O–H groups in total. The smallest absolute Gasteiger partial charge is 0.216 e. The van der Waals surface area contributed by atoms with Gasteiger partial charge in [-0.1, -0.05) is 31.4 Å². The van der Waals surface area contributed by atoms with E-state index in [1.807, 2.05) is 0 Å². The van der Waals surface area contributed by atoms with Crippen molar-refractivity contribution in [1.82, 2.24) is 4.72 Å². The molecule has 0 amide bonds. The Labute approximate surface area is 119 Å². The van der Waals surface area contributed by atoms with Crippen LogP contribution in [0.2, 0.25) is 0 Å². The Morgan fingerprint density at radius 1 is 1.15 bits per heavy atom. The van der Waals surface area contributed by atoms with E-state index in [9.17, 15) is 17.9 Å². The third kappa shape index (κ3) is 4.01. The van der Waals surface area contributed by atoms with Gasteiger partial charge in [0.1, 0.15) is 5.82 Å². The van der Waals surface area contributed by atoms with E-state index in [-0.39, 0.29) is 12.4 Å². The first-order valence-electron chi connectivity index (χ1n) is 6.82. The molecule has 0 saturated heterocycles. The summed E-state index contributed by atoms with van der Waals surface area (Å²) < 4.78 is 39.9. The molecule has 0 aromatic heterocycles. The maximum atomic E-state index is 12.8. The molecule has 1 saturated carbocycles. The van der Waals surface area contributed by atoms with Gasteiger partial charge in [-0.2, -0.15) is 0 Å². The number of hydrogen-bond donors (Lipinski definition) is 2. The molecule has 0 atom stereocenters. The summed E-state index contributed by atoms with van der Waals surface area (Å²) in [6.07, 6.45) is 4.22. The molecule has 0 spiro atoms. The Hall–Kier alpha value is -0.980. The van der Waals surface area contributed by atoms with Crippen LogP contribution in [-0.2, 0) is 15.8 Å². The molecular weight excluding hydrogens is 281 g/mol. The predicted molar refractivity (Wildman–Crippen MR) is 75.1 cm³/mol. The monoisotopic (exact) mass is 301 g/mol. The van der Waals surface area contributed by atoms with Gasteiger partial charge in [0.05, 0.1) is 17.9 Å². The summed E-state index contributed by atoms with van der Waals surface area (Å²) in [5.41, 5.74) is -0.195. The summed E-state index contributed by atoms with van der Waals surface area (Å²) in [6.45, 7) is -0.185. The van der Waals surface area contributed by atoms with E-state index in [0.717, 1.165) is 19.3 Å². The molecule has 1 aromatic carbocycles. The molecule has 0 aliphatic heterocycles. The molecule has 0 bridgehead atoms. The first-order valence-corrected chi connectivity index (χ1v) is 8.47. The number of nitrogens with one attached hydrogen (secondary N) is 1. The van der Waals surface area contributed by atoms with Crippen LogP contribution in [-0.4, -0.2) is 25.7 Å². The van der Waals surface area contributed by atoms with Crippen LogP contribution >= 0.6 is 0 Å². The van der Waals surface area contributed by atoms with Crippen molar-refractivity contribution in [3.8, 4) is 0 Å². The molecule has 1 aliphatic rings. The van der Waals surface area contributed by atoms with Crippen molar-refractivity contribution < 1.29 is 17.9 Å². The molecule has 0 heterocycles. The Bertz CT molecular complexity index is 536. The van der Waals surface area contributed by atoms with Crippen molar-refractivity contribution in [3.63, 3.8) is 0 Å². The summed E-state index contributed by atoms with van der Waals surface area (Å²) in [5.74, 6) is -0.590. The van der Waals surface area contributed by atoms with Crippen LogP contribution in [0.3, 0.4) is 0 Å². The lowest BCUT2D eigenvalue weighted by Crippen LogP contribution is -2.52. The highest BCUT2D eigenvalue weighted by atomic mass is 32.2. The molecule has 4 nitrogen and oxygen atoms in total. The number of hydrogen-bond acceptors (Lipinski definition) is 3. The van der Waals surface area contributed by atoms with Gasteiger partial charge in [0.2, 0.25) is 10.0 Å². The lowest BCUT2D eigenvalue weighted by molar-refractivity contribution is 0.142. The van der Waals surface area contributed by atoms with Crippen LogP contribution in [0.5, 0.6) is 0 Å². The Kier molecular flexibility index (Phi) is 4.78. The van der Waals surface area contributed by atoms with E-state index in [1.165, 1.54) is 24.3 Å². The topological polar surface area (TPSA) is 66.4 Å². The largest absolute Gasteiger partial charge is 0.394 e. The van der Waals surface area contributed by atoms with Crippen LogP contribution in [0.4, 0.5) is 4.39 Å². The average Bonchev–Trinajstić information content (AvgIpc) is 2.41. The molecule has 112 valence electrons. The van der Waals surface area contributed by atoms with Gasteiger partial charge in [0.25, 0.3) is 0 Å². The molecule has 0 radical (unpaired) electrons. The fourth-order valence-electron chi connectivity index (χ4n) is 2.69. The zero-order valence-electron chi connectivity index (χ0n) is 11.3. The highest BCUT2D eigenvalue weighted by Gasteiger charge is 2.35. The van der Waals surface area contributed by atoms with Crippen molar-refractivity contribution >= 4 is 10.0 Å². The van der Waals surface area contributed by atoms with E-state index in [4.69, 9.17) is 0 Å². The number of benzene rings is 1. The third-order valence-corrected chi connectivity index (χ3v) is 5.21. The van der Waals surface area contributed by atoms with Crippen LogP contribution in [0.15, 0.2) is 24.3 Å². The number of sulfonamides is 1. The summed E-state index contributed by atoms with van der Waals surface area (Å²) in [6, 6.07) is 5.41. The lowest BCUT2D eigenvalue weighted by atomic mass is 9.83. The van der Waals surface area contributed by atoms with Crippen molar-refractivity contribution in [2.75, 3.05) is 6.61 Å². The minimum atomic E-state index is -3.55. The van der Waals surface area contributed by atoms with Crippen molar-refractivity contribution in [1.29, 1.82) is 0 Å². The maximum absolute atomic E-state index is 12.8. The van der Waals surface area contributed by atoms with E-state index in [2.05, 4.69) is 4.72 Å². The van der Waals surface area contributed by atoms with E-state index < -0.39 is 21.4 Å². The minimum absolute atomic E-state index is 0.185. The van der Waals surface area contributed by atoms with Crippen LogP contribution in [0.1, 0.15) is 37.7 Å². The van der Waals surface area contributed by atoms with Gasteiger partial charge in [0.15, 0.2) is 0 Å². The maximum Gasteiger partial charge on any atom is 0.216 e. The van der Waals surface area contributed by atoms with Gasteiger partial charge < -0.3 is 5.11 Å². The first-order chi connectivity index (χ1) is 9.45. The van der Waals surface area contributed by atoms with Gasteiger partial charge in [-0.05, 0) is 30.5 Å². The standard InChI is InChI=1S/C14H20FNO3S/c15-13-6-4-12(5-7-13)10-20(18,19)16-14(11-17)8-2-1-3-9-14/h4-7,16-17H,1-3,8-11H2. The summed E-state index contributed by atoms with van der Waals surface area (Å²) >= 11 is 0. The predicted octanol–water partition coefficient (Wildman–Crippen LogP) is 1.94. The quantitative estimate of drug-likeness (QED) is 0.873. The summed E-state index contributed by atoms with van der Waals surface area (Å²) in [4.78, 5) is 0. The van der Waals surface area contributed by atoms with Crippen LogP contribution in [0, 0.1) is 5.82 Å². The molecule has 1 aliphatic carbocycles. The normalized spacial score (nSPS) is 18.9. The third-order valence-electron chi connectivity index (χ3n) is 3.76. The summed E-state index contributed by atoms with van der Waals surface area (Å²) in [5, 5.41) is 9.53. The van der Waals surface area contributed by atoms with Gasteiger partial charge in [-0.25, -0.2) is 17.5 Å². The highest BCUT2D eigenvalue weighted by molar-refractivity contribution is 7.88. The first kappa shape index (κ1) is 15.4. The fraction of sp³-hybridized carbons (Fsp3) is 0.571. The molecular formula is C14H20FNO3S. The molecule has 20 heavy (non-hydrogen) atoms. The number of aliphatic hydroxyl groups excluding tert-OH is 1. The van der Waals surface area contributed by atoms with E-state index >= 15 is 0 Å². The Morgan fingerprint density at radius 2 is 1.75 bits per heavy atom. The van der Waals surface area contributed by atoms with Crippen molar-refractivity contribution in [2.45, 2.75) is 43.4 Å². The van der Waals surface area contributed by atoms with Gasteiger partial charge in [0, 0.05) is 0 Å². The lowest BCUT2D eigenvalue weighted by Gasteiger charge is -2.36. The van der Waals surface area contributed by atoms with Gasteiger partial charge >= 0.3 is 0 Å². The Morgan fingerprint density at radius 3 is 2.30 bits per heavy atom. The molecule has 2 rings (SSSR count). The van der Waals surface area contributed by atoms with Gasteiger partial charge in [-0.15, -0.1) is 0 Å². The zero-order valence-corrected chi connectivity index (χ0v) is 12.1. The Balaban J connectivity index is 2.08. The second-order valence-electron chi connectivity index (χ2n) is 5.49. The zero-order chi connectivity index (χ0) is 14.6. The SMILES string of the molecule is O=S(=O)(Cc1ccc(F)cc1)NC1(CO)CCCCC1. The van der Waals surface area contributed by atoms with Crippen LogP contribution < -0.4 is 4.72 Å². The fourth-order valence-corrected chi connectivity index (χ4v) is 4.32. The second kappa shape index (κ2) is 6.20. The number of rotatable bonds is 5. The average molecular weight is 301 g/mol. The van der Waals surface area contributed by atoms with Crippen LogP contribution in [0.25, 0.3) is 0 Å².